The van der Waals surface area contributed by atoms with Crippen LogP contribution in [0, 0.1) is 11.3 Å². The van der Waals surface area contributed by atoms with Crippen LogP contribution in [0.5, 0.6) is 5.75 Å². The maximum Gasteiger partial charge on any atom is 0.243 e. The first-order valence-electron chi connectivity index (χ1n) is 7.76. The van der Waals surface area contributed by atoms with Gasteiger partial charge in [-0.1, -0.05) is 17.8 Å². The van der Waals surface area contributed by atoms with Gasteiger partial charge < -0.3 is 20.7 Å². The molecule has 0 saturated carbocycles. The van der Waals surface area contributed by atoms with Crippen LogP contribution < -0.4 is 15.8 Å². The molecule has 0 aliphatic heterocycles. The number of nitrogens with one attached hydrogen (secondary N) is 1. The lowest BCUT2D eigenvalue weighted by atomic mass is 10.3. The second-order valence-corrected chi connectivity index (χ2v) is 6.32. The second kappa shape index (κ2) is 9.40. The van der Waals surface area contributed by atoms with Crippen molar-refractivity contribution in [2.75, 3.05) is 37.5 Å². The zero-order valence-corrected chi connectivity index (χ0v) is 15.6. The van der Waals surface area contributed by atoms with Crippen LogP contribution in [-0.2, 0) is 9.59 Å². The Labute approximate surface area is 160 Å². The maximum atomic E-state index is 12.2. The molecule has 1 aromatic carbocycles. The number of likely N-dealkylation sites (N-methyl/N-ethyl adjacent to an activating group) is 1. The number of benzene rings is 1. The Morgan fingerprint density at radius 2 is 2.22 bits per heavy atom. The third-order valence-electron chi connectivity index (χ3n) is 3.40. The summed E-state index contributed by atoms with van der Waals surface area (Å²) in [5, 5.41) is 11.8. The predicted octanol–water partition coefficient (Wildman–Crippen LogP) is 1.13. The minimum atomic E-state index is -0.331. The average molecular weight is 386 g/mol. The first-order valence-corrected chi connectivity index (χ1v) is 8.74. The van der Waals surface area contributed by atoms with E-state index in [-0.39, 0.29) is 40.6 Å². The molecule has 0 fully saturated rings. The van der Waals surface area contributed by atoms with Crippen molar-refractivity contribution in [2.45, 2.75) is 5.16 Å². The van der Waals surface area contributed by atoms with Crippen LogP contribution in [0.4, 0.5) is 11.5 Å². The third kappa shape index (κ3) is 5.86. The van der Waals surface area contributed by atoms with Gasteiger partial charge in [0, 0.05) is 18.8 Å². The highest BCUT2D eigenvalue weighted by molar-refractivity contribution is 7.99. The number of nitriles is 1. The summed E-state index contributed by atoms with van der Waals surface area (Å²) in [6.45, 7) is -0.104. The van der Waals surface area contributed by atoms with E-state index in [2.05, 4.69) is 15.3 Å². The summed E-state index contributed by atoms with van der Waals surface area (Å²) in [5.74, 6) is 0.118. The Hall–Kier alpha value is -3.32. The normalized spacial score (nSPS) is 9.96. The number of rotatable bonds is 7. The fourth-order valence-electron chi connectivity index (χ4n) is 1.98. The molecule has 2 amide bonds. The van der Waals surface area contributed by atoms with E-state index in [0.717, 1.165) is 11.8 Å². The quantitative estimate of drug-likeness (QED) is 0.534. The fraction of sp³-hybridized carbons (Fsp3) is 0.235. The molecule has 0 aliphatic rings. The summed E-state index contributed by atoms with van der Waals surface area (Å²) < 4.78 is 5.10. The van der Waals surface area contributed by atoms with E-state index < -0.39 is 0 Å². The molecule has 1 heterocycles. The van der Waals surface area contributed by atoms with Crippen LogP contribution in [0.15, 0.2) is 35.6 Å². The largest absolute Gasteiger partial charge is 0.497 e. The zero-order valence-electron chi connectivity index (χ0n) is 14.8. The van der Waals surface area contributed by atoms with Crippen molar-refractivity contribution in [3.8, 4) is 11.8 Å². The van der Waals surface area contributed by atoms with E-state index in [9.17, 15) is 9.59 Å². The average Bonchev–Trinajstić information content (AvgIpc) is 2.66. The van der Waals surface area contributed by atoms with Gasteiger partial charge in [-0.2, -0.15) is 5.26 Å². The van der Waals surface area contributed by atoms with Gasteiger partial charge in [0.2, 0.25) is 11.8 Å². The summed E-state index contributed by atoms with van der Waals surface area (Å²) >= 11 is 1.08. The molecule has 3 N–H and O–H groups in total. The molecular formula is C17H18N6O3S. The van der Waals surface area contributed by atoms with Crippen molar-refractivity contribution >= 4 is 35.1 Å². The lowest BCUT2D eigenvalue weighted by Gasteiger charge is -2.16. The first kappa shape index (κ1) is 20.0. The zero-order chi connectivity index (χ0) is 19.8. The molecule has 0 spiro atoms. The molecule has 9 nitrogen and oxygen atoms in total. The smallest absolute Gasteiger partial charge is 0.243 e. The number of methoxy groups -OCH3 is 1. The summed E-state index contributed by atoms with van der Waals surface area (Å²) in [7, 11) is 3.07. The van der Waals surface area contributed by atoms with Crippen molar-refractivity contribution in [2.24, 2.45) is 0 Å². The maximum absolute atomic E-state index is 12.2. The standard InChI is InChI=1S/C17H18N6O3S/c1-23(9-14(24)21-12-4-3-5-13(6-12)26-2)15(25)10-27-17-20-8-11(7-18)16(19)22-17/h3-6,8H,9-10H2,1-2H3,(H,21,24)(H2,19,20,22). The van der Waals surface area contributed by atoms with Crippen LogP contribution >= 0.6 is 11.8 Å². The van der Waals surface area contributed by atoms with Crippen LogP contribution in [0.25, 0.3) is 0 Å². The van der Waals surface area contributed by atoms with Gasteiger partial charge in [0.25, 0.3) is 0 Å². The highest BCUT2D eigenvalue weighted by Gasteiger charge is 2.15. The Morgan fingerprint density at radius 3 is 2.89 bits per heavy atom. The van der Waals surface area contributed by atoms with Gasteiger partial charge in [-0.15, -0.1) is 0 Å². The summed E-state index contributed by atoms with van der Waals surface area (Å²) in [6.07, 6.45) is 1.31. The molecule has 0 saturated heterocycles. The van der Waals surface area contributed by atoms with Crippen LogP contribution in [-0.4, -0.2) is 53.1 Å². The number of carbonyl (C=O) groups is 2. The van der Waals surface area contributed by atoms with E-state index in [4.69, 9.17) is 15.7 Å². The van der Waals surface area contributed by atoms with E-state index in [1.54, 1.807) is 24.3 Å². The van der Waals surface area contributed by atoms with Crippen molar-refractivity contribution in [1.82, 2.24) is 14.9 Å². The molecule has 0 unspecified atom stereocenters. The number of hydrogen-bond acceptors (Lipinski definition) is 8. The molecule has 140 valence electrons. The van der Waals surface area contributed by atoms with Crippen molar-refractivity contribution in [3.05, 3.63) is 36.0 Å². The Kier molecular flexibility index (Phi) is 6.96. The van der Waals surface area contributed by atoms with E-state index in [1.807, 2.05) is 6.07 Å². The lowest BCUT2D eigenvalue weighted by Crippen LogP contribution is -2.36. The van der Waals surface area contributed by atoms with Gasteiger partial charge >= 0.3 is 0 Å². The number of carbonyl (C=O) groups excluding carboxylic acids is 2. The lowest BCUT2D eigenvalue weighted by molar-refractivity contribution is -0.131. The van der Waals surface area contributed by atoms with Crippen molar-refractivity contribution < 1.29 is 14.3 Å². The van der Waals surface area contributed by atoms with Crippen LogP contribution in [0.2, 0.25) is 0 Å². The van der Waals surface area contributed by atoms with Crippen molar-refractivity contribution in [1.29, 1.82) is 5.26 Å². The second-order valence-electron chi connectivity index (χ2n) is 5.38. The Balaban J connectivity index is 1.84. The number of hydrogen-bond donors (Lipinski definition) is 2. The van der Waals surface area contributed by atoms with Crippen molar-refractivity contribution in [3.63, 3.8) is 0 Å². The monoisotopic (exact) mass is 386 g/mol. The van der Waals surface area contributed by atoms with Gasteiger partial charge in [0.15, 0.2) is 5.16 Å². The Morgan fingerprint density at radius 1 is 1.44 bits per heavy atom. The molecule has 10 heteroatoms. The molecule has 2 aromatic rings. The number of thioether (sulfide) groups is 1. The SMILES string of the molecule is COc1cccc(NC(=O)CN(C)C(=O)CSc2ncc(C#N)c(N)n2)c1. The molecule has 1 aromatic heterocycles. The number of nitrogen functional groups attached to an aromatic ring is 1. The summed E-state index contributed by atoms with van der Waals surface area (Å²) in [5.41, 5.74) is 6.37. The van der Waals surface area contributed by atoms with E-state index in [1.165, 1.54) is 25.3 Å². The number of amides is 2. The third-order valence-corrected chi connectivity index (χ3v) is 4.25. The van der Waals surface area contributed by atoms with Gasteiger partial charge in [0.05, 0.1) is 25.6 Å². The molecule has 2 rings (SSSR count). The molecular weight excluding hydrogens is 368 g/mol. The topological polar surface area (TPSA) is 134 Å². The molecule has 0 bridgehead atoms. The first-order chi connectivity index (χ1) is 12.9. The fourth-order valence-corrected chi connectivity index (χ4v) is 2.74. The summed E-state index contributed by atoms with van der Waals surface area (Å²) in [6, 6.07) is 8.79. The Bertz CT molecular complexity index is 883. The number of anilines is 2. The number of nitrogens with two attached hydrogens (primary N) is 1. The van der Waals surface area contributed by atoms with E-state index >= 15 is 0 Å². The molecule has 0 radical (unpaired) electrons. The summed E-state index contributed by atoms with van der Waals surface area (Å²) in [4.78, 5) is 33.5. The number of aromatic nitrogens is 2. The van der Waals surface area contributed by atoms with Gasteiger partial charge in [0.1, 0.15) is 23.2 Å². The van der Waals surface area contributed by atoms with Crippen LogP contribution in [0.3, 0.4) is 0 Å². The van der Waals surface area contributed by atoms with Gasteiger partial charge in [-0.3, -0.25) is 9.59 Å². The number of ether oxygens (including phenoxy) is 1. The molecule has 27 heavy (non-hydrogen) atoms. The van der Waals surface area contributed by atoms with Gasteiger partial charge in [-0.05, 0) is 12.1 Å². The van der Waals surface area contributed by atoms with E-state index in [0.29, 0.717) is 11.4 Å². The van der Waals surface area contributed by atoms with Gasteiger partial charge in [-0.25, -0.2) is 9.97 Å². The molecule has 0 atom stereocenters. The highest BCUT2D eigenvalue weighted by Crippen LogP contribution is 2.17. The minimum absolute atomic E-state index is 0.0360. The molecule has 0 aliphatic carbocycles. The van der Waals surface area contributed by atoms with Crippen LogP contribution in [0.1, 0.15) is 5.56 Å². The predicted molar refractivity (Wildman–Crippen MR) is 101 cm³/mol. The highest BCUT2D eigenvalue weighted by atomic mass is 32.2. The number of nitrogens with zero attached hydrogens (tertiary/aromatic N) is 4. The minimum Gasteiger partial charge on any atom is -0.497 e.